The van der Waals surface area contributed by atoms with Crippen LogP contribution in [0.1, 0.15) is 104 Å². The zero-order valence-electron chi connectivity index (χ0n) is 23.8. The summed E-state index contributed by atoms with van der Waals surface area (Å²) >= 11 is 0. The molecule has 0 bridgehead atoms. The second-order valence-corrected chi connectivity index (χ2v) is 15.9. The van der Waals surface area contributed by atoms with Crippen molar-refractivity contribution in [3.8, 4) is 0 Å². The van der Waals surface area contributed by atoms with Gasteiger partial charge in [-0.25, -0.2) is 8.42 Å². The number of aliphatic hydroxyl groups is 1. The molecule has 4 aliphatic carbocycles. The highest BCUT2D eigenvalue weighted by atomic mass is 32.2. The summed E-state index contributed by atoms with van der Waals surface area (Å²) in [6.45, 7) is 6.88. The lowest BCUT2D eigenvalue weighted by atomic mass is 9.44. The molecule has 4 nitrogen and oxygen atoms in total. The Morgan fingerprint density at radius 2 is 1.58 bits per heavy atom. The van der Waals surface area contributed by atoms with Crippen molar-refractivity contribution < 1.29 is 18.3 Å². The van der Waals surface area contributed by atoms with Gasteiger partial charge in [0.2, 0.25) is 0 Å². The molecule has 0 saturated heterocycles. The molecule has 1 N–H and O–H groups in total. The molecule has 3 fully saturated rings. The molecule has 38 heavy (non-hydrogen) atoms. The standard InChI is InChI=1S/C33H48O4S/c1-31-18-15-26(34)23-25(31)22-24(30-28(31)16-19-32(2)29(30)17-20-33(32,3)35)12-8-5-4-6-11-21-38(36,37)27-13-9-7-10-14-27/h7,9-10,13-14,23-24,28-30,35H,4-6,8,11-12,15-22H2,1-3H3/t24?,28-,29+,30-,31+,32+,33?/m1/s1. The average Bonchev–Trinajstić information content (AvgIpc) is 3.13. The highest BCUT2D eigenvalue weighted by molar-refractivity contribution is 7.91. The van der Waals surface area contributed by atoms with Gasteiger partial charge in [0.1, 0.15) is 0 Å². The van der Waals surface area contributed by atoms with Gasteiger partial charge in [0.25, 0.3) is 0 Å². The Morgan fingerprint density at radius 3 is 2.34 bits per heavy atom. The van der Waals surface area contributed by atoms with Crippen LogP contribution in [0.3, 0.4) is 0 Å². The van der Waals surface area contributed by atoms with Crippen molar-refractivity contribution in [3.05, 3.63) is 42.0 Å². The zero-order chi connectivity index (χ0) is 27.2. The third-order valence-electron chi connectivity index (χ3n) is 11.8. The molecule has 0 heterocycles. The largest absolute Gasteiger partial charge is 0.390 e. The van der Waals surface area contributed by atoms with Crippen LogP contribution >= 0.6 is 0 Å². The Labute approximate surface area is 230 Å². The van der Waals surface area contributed by atoms with E-state index in [4.69, 9.17) is 0 Å². The van der Waals surface area contributed by atoms with Crippen molar-refractivity contribution in [2.45, 2.75) is 115 Å². The van der Waals surface area contributed by atoms with Crippen LogP contribution in [-0.4, -0.2) is 30.7 Å². The molecule has 7 atom stereocenters. The molecular weight excluding hydrogens is 492 g/mol. The Balaban J connectivity index is 1.21. The summed E-state index contributed by atoms with van der Waals surface area (Å²) in [7, 11) is -3.18. The van der Waals surface area contributed by atoms with Gasteiger partial charge in [0.05, 0.1) is 16.2 Å². The summed E-state index contributed by atoms with van der Waals surface area (Å²) in [4.78, 5) is 12.8. The molecule has 5 heteroatoms. The van der Waals surface area contributed by atoms with Gasteiger partial charge in [0, 0.05) is 6.42 Å². The molecular formula is C33H48O4S. The second-order valence-electron chi connectivity index (χ2n) is 13.8. The predicted molar refractivity (Wildman–Crippen MR) is 152 cm³/mol. The summed E-state index contributed by atoms with van der Waals surface area (Å²) in [5, 5.41) is 11.4. The highest BCUT2D eigenvalue weighted by Crippen LogP contribution is 2.69. The van der Waals surface area contributed by atoms with E-state index in [1.54, 1.807) is 24.3 Å². The fourth-order valence-electron chi connectivity index (χ4n) is 9.22. The number of unbranched alkanes of at least 4 members (excludes halogenated alkanes) is 4. The van der Waals surface area contributed by atoms with Gasteiger partial charge in [-0.2, -0.15) is 0 Å². The number of benzene rings is 1. The number of fused-ring (bicyclic) bond motifs is 5. The molecule has 0 radical (unpaired) electrons. The molecule has 0 spiro atoms. The quantitative estimate of drug-likeness (QED) is 0.333. The molecule has 5 rings (SSSR count). The number of sulfone groups is 1. The zero-order valence-corrected chi connectivity index (χ0v) is 24.6. The van der Waals surface area contributed by atoms with E-state index in [0.29, 0.717) is 47.2 Å². The third-order valence-corrected chi connectivity index (χ3v) is 13.6. The minimum Gasteiger partial charge on any atom is -0.390 e. The minimum absolute atomic E-state index is 0.00126. The van der Waals surface area contributed by atoms with Crippen molar-refractivity contribution >= 4 is 15.6 Å². The van der Waals surface area contributed by atoms with Crippen LogP contribution in [0.4, 0.5) is 0 Å². The predicted octanol–water partition coefficient (Wildman–Crippen LogP) is 7.31. The first-order valence-corrected chi connectivity index (χ1v) is 16.9. The Morgan fingerprint density at radius 1 is 0.895 bits per heavy atom. The Bertz CT molecular complexity index is 1150. The van der Waals surface area contributed by atoms with E-state index in [1.165, 1.54) is 18.4 Å². The van der Waals surface area contributed by atoms with Crippen molar-refractivity contribution in [2.24, 2.45) is 34.5 Å². The molecule has 1 aromatic carbocycles. The molecule has 210 valence electrons. The van der Waals surface area contributed by atoms with E-state index in [2.05, 4.69) is 20.8 Å². The monoisotopic (exact) mass is 540 g/mol. The van der Waals surface area contributed by atoms with Crippen LogP contribution in [0.2, 0.25) is 0 Å². The molecule has 0 amide bonds. The lowest BCUT2D eigenvalue weighted by Crippen LogP contribution is -2.56. The molecule has 4 aliphatic rings. The fourth-order valence-corrected chi connectivity index (χ4v) is 10.6. The van der Waals surface area contributed by atoms with Crippen molar-refractivity contribution in [1.29, 1.82) is 0 Å². The number of carbonyl (C=O) groups excluding carboxylic acids is 1. The number of carbonyl (C=O) groups is 1. The molecule has 2 unspecified atom stereocenters. The number of allylic oxidation sites excluding steroid dienone is 1. The SMILES string of the molecule is CC1(O)CC[C@H]2[C@@H]3C(CCCCCCCS(=O)(=O)c4ccccc4)CC4=CC(=O)CC[C@]4(C)[C@@H]3CC[C@@]21C. The second kappa shape index (κ2) is 10.5. The number of rotatable bonds is 9. The van der Waals surface area contributed by atoms with Crippen LogP contribution in [0.25, 0.3) is 0 Å². The Hall–Kier alpha value is -1.46. The van der Waals surface area contributed by atoms with Crippen LogP contribution < -0.4 is 0 Å². The Kier molecular flexibility index (Phi) is 7.76. The van der Waals surface area contributed by atoms with Crippen LogP contribution in [0.5, 0.6) is 0 Å². The lowest BCUT2D eigenvalue weighted by Gasteiger charge is -2.61. The number of hydrogen-bond acceptors (Lipinski definition) is 4. The fraction of sp³-hybridized carbons (Fsp3) is 0.727. The number of ketones is 1. The van der Waals surface area contributed by atoms with Gasteiger partial charge in [-0.15, -0.1) is 0 Å². The summed E-state index contributed by atoms with van der Waals surface area (Å²) in [5.74, 6) is 2.95. The molecule has 1 aromatic rings. The normalized spacial score (nSPS) is 38.7. The van der Waals surface area contributed by atoms with E-state index >= 15 is 0 Å². The first-order valence-electron chi connectivity index (χ1n) is 15.2. The molecule has 0 aliphatic heterocycles. The van der Waals surface area contributed by atoms with Gasteiger partial charge in [-0.1, -0.05) is 63.3 Å². The van der Waals surface area contributed by atoms with Crippen LogP contribution in [0, 0.1) is 34.5 Å². The van der Waals surface area contributed by atoms with Crippen LogP contribution in [0.15, 0.2) is 46.9 Å². The van der Waals surface area contributed by atoms with Crippen molar-refractivity contribution in [2.75, 3.05) is 5.75 Å². The van der Waals surface area contributed by atoms with E-state index < -0.39 is 15.4 Å². The van der Waals surface area contributed by atoms with Crippen molar-refractivity contribution in [1.82, 2.24) is 0 Å². The topological polar surface area (TPSA) is 71.4 Å². The average molecular weight is 541 g/mol. The minimum atomic E-state index is -3.18. The first-order chi connectivity index (χ1) is 18.0. The highest BCUT2D eigenvalue weighted by Gasteiger charge is 2.64. The van der Waals surface area contributed by atoms with E-state index in [-0.39, 0.29) is 16.6 Å². The van der Waals surface area contributed by atoms with E-state index in [0.717, 1.165) is 57.8 Å². The van der Waals surface area contributed by atoms with E-state index in [1.807, 2.05) is 12.1 Å². The van der Waals surface area contributed by atoms with Crippen molar-refractivity contribution in [3.63, 3.8) is 0 Å². The maximum Gasteiger partial charge on any atom is 0.178 e. The lowest BCUT2D eigenvalue weighted by molar-refractivity contribution is -0.135. The van der Waals surface area contributed by atoms with Gasteiger partial charge in [0.15, 0.2) is 15.6 Å². The maximum atomic E-state index is 12.5. The van der Waals surface area contributed by atoms with Gasteiger partial charge < -0.3 is 5.11 Å². The summed E-state index contributed by atoms with van der Waals surface area (Å²) < 4.78 is 25.1. The smallest absolute Gasteiger partial charge is 0.178 e. The van der Waals surface area contributed by atoms with Gasteiger partial charge in [-0.3, -0.25) is 4.79 Å². The molecule has 3 saturated carbocycles. The number of hydrogen-bond donors (Lipinski definition) is 1. The summed E-state index contributed by atoms with van der Waals surface area (Å²) in [6, 6.07) is 8.79. The first kappa shape index (κ1) is 28.1. The van der Waals surface area contributed by atoms with E-state index in [9.17, 15) is 18.3 Å². The van der Waals surface area contributed by atoms with Gasteiger partial charge >= 0.3 is 0 Å². The van der Waals surface area contributed by atoms with Crippen LogP contribution in [-0.2, 0) is 14.6 Å². The molecule has 0 aromatic heterocycles. The maximum absolute atomic E-state index is 12.5. The van der Waals surface area contributed by atoms with Gasteiger partial charge in [-0.05, 0) is 111 Å². The third kappa shape index (κ3) is 4.96. The summed E-state index contributed by atoms with van der Waals surface area (Å²) in [5.41, 5.74) is 0.986. The summed E-state index contributed by atoms with van der Waals surface area (Å²) in [6.07, 6.45) is 15.3.